The largest absolute Gasteiger partial charge is 0.352 e. The lowest BCUT2D eigenvalue weighted by Gasteiger charge is -2.14. The predicted octanol–water partition coefficient (Wildman–Crippen LogP) is 3.10. The number of carbonyl (C=O) groups is 3. The molecule has 0 saturated heterocycles. The summed E-state index contributed by atoms with van der Waals surface area (Å²) in [5.74, 6) is -0.834. The molecule has 3 amide bonds. The van der Waals surface area contributed by atoms with Crippen molar-refractivity contribution < 1.29 is 14.4 Å². The lowest BCUT2D eigenvalue weighted by Crippen LogP contribution is -2.29. The van der Waals surface area contributed by atoms with E-state index in [2.05, 4.69) is 10.3 Å². The van der Waals surface area contributed by atoms with Crippen LogP contribution in [0.1, 0.15) is 42.3 Å². The Morgan fingerprint density at radius 3 is 2.41 bits per heavy atom. The van der Waals surface area contributed by atoms with Crippen LogP contribution in [0.15, 0.2) is 79.1 Å². The summed E-state index contributed by atoms with van der Waals surface area (Å²) in [6.45, 7) is 0.570. The van der Waals surface area contributed by atoms with E-state index < -0.39 is 0 Å². The van der Waals surface area contributed by atoms with Crippen LogP contribution >= 0.6 is 0 Å². The van der Waals surface area contributed by atoms with Crippen LogP contribution in [0.5, 0.6) is 0 Å². The first-order valence-electron chi connectivity index (χ1n) is 10.3. The highest BCUT2D eigenvalue weighted by Gasteiger charge is 2.34. The highest BCUT2D eigenvalue weighted by atomic mass is 16.2. The number of imide groups is 1. The number of rotatable bonds is 6. The quantitative estimate of drug-likeness (QED) is 0.482. The molecule has 0 bridgehead atoms. The summed E-state index contributed by atoms with van der Waals surface area (Å²) in [5.41, 5.74) is 3.80. The van der Waals surface area contributed by atoms with E-state index in [1.807, 2.05) is 35.0 Å². The van der Waals surface area contributed by atoms with E-state index in [1.165, 1.54) is 4.90 Å². The first-order chi connectivity index (χ1) is 15.6. The summed E-state index contributed by atoms with van der Waals surface area (Å²) >= 11 is 0. The topological polar surface area (TPSA) is 83.8 Å². The molecule has 0 atom stereocenters. The van der Waals surface area contributed by atoms with Crippen molar-refractivity contribution in [1.29, 1.82) is 0 Å². The first-order valence-corrected chi connectivity index (χ1v) is 10.3. The van der Waals surface area contributed by atoms with Crippen molar-refractivity contribution in [1.82, 2.24) is 19.6 Å². The molecule has 5 rings (SSSR count). The van der Waals surface area contributed by atoms with Gasteiger partial charge in [0, 0.05) is 30.9 Å². The molecule has 0 spiro atoms. The first kappa shape index (κ1) is 19.7. The van der Waals surface area contributed by atoms with Gasteiger partial charge < -0.3 is 9.72 Å². The molecule has 4 aromatic rings. The molecule has 3 heterocycles. The van der Waals surface area contributed by atoms with E-state index >= 15 is 0 Å². The molecule has 2 aromatic carbocycles. The van der Waals surface area contributed by atoms with Gasteiger partial charge in [0.2, 0.25) is 0 Å². The van der Waals surface area contributed by atoms with E-state index in [0.29, 0.717) is 35.2 Å². The van der Waals surface area contributed by atoms with E-state index in [0.717, 1.165) is 11.3 Å². The number of fused-ring (bicyclic) bond motifs is 2. The molecule has 1 N–H and O–H groups in total. The molecule has 158 valence electrons. The summed E-state index contributed by atoms with van der Waals surface area (Å²) in [6.07, 6.45) is 4.50. The third-order valence-corrected chi connectivity index (χ3v) is 5.49. The second kappa shape index (κ2) is 8.11. The van der Waals surface area contributed by atoms with Gasteiger partial charge in [0.25, 0.3) is 17.7 Å². The normalized spacial score (nSPS) is 12.9. The maximum absolute atomic E-state index is 12.6. The van der Waals surface area contributed by atoms with Gasteiger partial charge in [-0.25, -0.2) is 4.98 Å². The third kappa shape index (κ3) is 3.65. The molecule has 7 nitrogen and oxygen atoms in total. The van der Waals surface area contributed by atoms with Gasteiger partial charge in [-0.15, -0.1) is 0 Å². The summed E-state index contributed by atoms with van der Waals surface area (Å²) in [7, 11) is 0. The minimum atomic E-state index is -0.312. The average Bonchev–Trinajstić information content (AvgIpc) is 3.34. The van der Waals surface area contributed by atoms with Crippen molar-refractivity contribution in [3.8, 4) is 0 Å². The molecular formula is C25H20N4O3. The highest BCUT2D eigenvalue weighted by molar-refractivity contribution is 6.21. The van der Waals surface area contributed by atoms with Crippen molar-refractivity contribution in [3.05, 3.63) is 107 Å². The Morgan fingerprint density at radius 1 is 0.906 bits per heavy atom. The van der Waals surface area contributed by atoms with Crippen LogP contribution in [0, 0.1) is 0 Å². The smallest absolute Gasteiger partial charge is 0.261 e. The number of carbonyl (C=O) groups excluding carboxylic acids is 3. The standard InChI is InChI=1S/C25H20N4O3/c30-23(26-12-11-19-16-28-13-4-3-10-22(28)27-19)18-7-5-6-17(14-18)15-29-24(31)20-8-1-2-9-21(20)25(29)32/h1-10,13-14,16H,11-12,15H2,(H,26,30). The van der Waals surface area contributed by atoms with Crippen molar-refractivity contribution in [2.75, 3.05) is 6.54 Å². The van der Waals surface area contributed by atoms with Gasteiger partial charge in [-0.2, -0.15) is 0 Å². The molecule has 2 aromatic heterocycles. The molecule has 0 fully saturated rings. The van der Waals surface area contributed by atoms with Crippen LogP contribution in [0.2, 0.25) is 0 Å². The van der Waals surface area contributed by atoms with Crippen molar-refractivity contribution >= 4 is 23.4 Å². The maximum atomic E-state index is 12.6. The number of nitrogens with one attached hydrogen (secondary N) is 1. The van der Waals surface area contributed by atoms with Gasteiger partial charge in [0.05, 0.1) is 23.4 Å². The van der Waals surface area contributed by atoms with Crippen LogP contribution in [0.4, 0.5) is 0 Å². The number of nitrogens with zero attached hydrogens (tertiary/aromatic N) is 3. The molecule has 0 radical (unpaired) electrons. The van der Waals surface area contributed by atoms with Gasteiger partial charge in [0.1, 0.15) is 5.65 Å². The Bertz CT molecular complexity index is 1290. The number of aromatic nitrogens is 2. The molecular weight excluding hydrogens is 404 g/mol. The highest BCUT2D eigenvalue weighted by Crippen LogP contribution is 2.24. The lowest BCUT2D eigenvalue weighted by molar-refractivity contribution is 0.0642. The molecule has 0 unspecified atom stereocenters. The summed E-state index contributed by atoms with van der Waals surface area (Å²) in [6, 6.07) is 19.6. The molecule has 32 heavy (non-hydrogen) atoms. The minimum Gasteiger partial charge on any atom is -0.352 e. The summed E-state index contributed by atoms with van der Waals surface area (Å²) in [5, 5.41) is 2.91. The fourth-order valence-electron chi connectivity index (χ4n) is 3.89. The number of imidazole rings is 1. The Morgan fingerprint density at radius 2 is 1.66 bits per heavy atom. The van der Waals surface area contributed by atoms with Crippen LogP contribution in [0.25, 0.3) is 5.65 Å². The number of hydrogen-bond donors (Lipinski definition) is 1. The second-order valence-electron chi connectivity index (χ2n) is 7.65. The molecule has 0 saturated carbocycles. The fourth-order valence-corrected chi connectivity index (χ4v) is 3.89. The van der Waals surface area contributed by atoms with E-state index in [9.17, 15) is 14.4 Å². The van der Waals surface area contributed by atoms with Crippen LogP contribution in [0.3, 0.4) is 0 Å². The zero-order valence-electron chi connectivity index (χ0n) is 17.2. The average molecular weight is 424 g/mol. The molecule has 0 aliphatic carbocycles. The Kier molecular flexibility index (Phi) is 4.99. The van der Waals surface area contributed by atoms with Gasteiger partial charge in [-0.3, -0.25) is 19.3 Å². The van der Waals surface area contributed by atoms with Crippen LogP contribution in [-0.4, -0.2) is 38.6 Å². The Hall–Kier alpha value is -4.26. The Labute approximate surface area is 184 Å². The van der Waals surface area contributed by atoms with E-state index in [1.54, 1.807) is 48.5 Å². The fraction of sp³-hybridized carbons (Fsp3) is 0.120. The SMILES string of the molecule is O=C(NCCc1cn2ccccc2n1)c1cccc(CN2C(=O)c3ccccc3C2=O)c1. The zero-order valence-corrected chi connectivity index (χ0v) is 17.2. The molecule has 1 aliphatic rings. The minimum absolute atomic E-state index is 0.120. The summed E-state index contributed by atoms with van der Waals surface area (Å²) in [4.78, 5) is 43.5. The number of benzene rings is 2. The van der Waals surface area contributed by atoms with Crippen LogP contribution in [-0.2, 0) is 13.0 Å². The monoisotopic (exact) mass is 424 g/mol. The second-order valence-corrected chi connectivity index (χ2v) is 7.65. The molecule has 1 aliphatic heterocycles. The number of amides is 3. The van der Waals surface area contributed by atoms with E-state index in [-0.39, 0.29) is 24.3 Å². The molecule has 7 heteroatoms. The van der Waals surface area contributed by atoms with E-state index in [4.69, 9.17) is 0 Å². The summed E-state index contributed by atoms with van der Waals surface area (Å²) < 4.78 is 1.94. The van der Waals surface area contributed by atoms with Crippen LogP contribution < -0.4 is 5.32 Å². The van der Waals surface area contributed by atoms with Crippen molar-refractivity contribution in [3.63, 3.8) is 0 Å². The Balaban J connectivity index is 1.22. The van der Waals surface area contributed by atoms with Crippen molar-refractivity contribution in [2.24, 2.45) is 0 Å². The third-order valence-electron chi connectivity index (χ3n) is 5.49. The van der Waals surface area contributed by atoms with Gasteiger partial charge in [-0.05, 0) is 42.0 Å². The lowest BCUT2D eigenvalue weighted by atomic mass is 10.1. The van der Waals surface area contributed by atoms with Gasteiger partial charge >= 0.3 is 0 Å². The van der Waals surface area contributed by atoms with Crippen molar-refractivity contribution in [2.45, 2.75) is 13.0 Å². The number of pyridine rings is 1. The number of hydrogen-bond acceptors (Lipinski definition) is 4. The zero-order chi connectivity index (χ0) is 22.1. The maximum Gasteiger partial charge on any atom is 0.261 e. The van der Waals surface area contributed by atoms with Gasteiger partial charge in [-0.1, -0.05) is 30.3 Å². The van der Waals surface area contributed by atoms with Gasteiger partial charge in [0.15, 0.2) is 0 Å². The predicted molar refractivity (Wildman–Crippen MR) is 118 cm³/mol.